The lowest BCUT2D eigenvalue weighted by Crippen LogP contribution is -2.29. The fourth-order valence-corrected chi connectivity index (χ4v) is 11.7. The molecule has 0 aliphatic heterocycles. The monoisotopic (exact) mass is 993 g/mol. The zero-order chi connectivity index (χ0) is 52.7. The van der Waals surface area contributed by atoms with E-state index in [0.29, 0.717) is 0 Å². The van der Waals surface area contributed by atoms with Gasteiger partial charge in [0, 0.05) is 34.1 Å². The molecule has 2 heteroatoms. The summed E-state index contributed by atoms with van der Waals surface area (Å²) in [5.74, 6) is 0. The Morgan fingerprint density at radius 2 is 0.623 bits per heavy atom. The first kappa shape index (κ1) is 48.9. The highest BCUT2D eigenvalue weighted by atomic mass is 15.2. The number of nitrogens with zero attached hydrogens (tertiary/aromatic N) is 2. The summed E-state index contributed by atoms with van der Waals surface area (Å²) in [6.07, 6.45) is 0. The summed E-state index contributed by atoms with van der Waals surface area (Å²) in [5, 5.41) is 0. The van der Waals surface area contributed by atoms with Crippen LogP contribution >= 0.6 is 0 Å². The van der Waals surface area contributed by atoms with Crippen LogP contribution in [0.4, 0.5) is 34.1 Å². The first-order valence-electron chi connectivity index (χ1n) is 27.1. The number of anilines is 6. The van der Waals surface area contributed by atoms with Crippen LogP contribution in [0, 0.1) is 0 Å². The predicted molar refractivity (Wildman–Crippen MR) is 327 cm³/mol. The number of fused-ring (bicyclic) bond motifs is 3. The summed E-state index contributed by atoms with van der Waals surface area (Å²) < 4.78 is 0. The molecule has 0 aromatic heterocycles. The second-order valence-corrected chi connectivity index (χ2v) is 22.6. The van der Waals surface area contributed by atoms with E-state index in [9.17, 15) is 0 Å². The van der Waals surface area contributed by atoms with E-state index in [1.54, 1.807) is 0 Å². The van der Waals surface area contributed by atoms with Gasteiger partial charge in [-0.2, -0.15) is 0 Å². The average molecular weight is 993 g/mol. The molecule has 77 heavy (non-hydrogen) atoms. The van der Waals surface area contributed by atoms with Crippen LogP contribution in [0.1, 0.15) is 74.9 Å². The quantitative estimate of drug-likeness (QED) is 0.127. The third kappa shape index (κ3) is 9.14. The normalized spacial score (nSPS) is 12.6. The van der Waals surface area contributed by atoms with Crippen molar-refractivity contribution in [3.63, 3.8) is 0 Å². The minimum absolute atomic E-state index is 0.0774. The van der Waals surface area contributed by atoms with E-state index in [0.717, 1.165) is 39.7 Å². The van der Waals surface area contributed by atoms with Gasteiger partial charge in [-0.15, -0.1) is 0 Å². The molecule has 374 valence electrons. The van der Waals surface area contributed by atoms with Crippen LogP contribution in [0.15, 0.2) is 279 Å². The SMILES string of the molecule is CC(C)(C)c1ccc2c(c1)C(c1ccccc1)(c1ccccc1)c1cc(C(C)(C)C)cc(-c3cc(N(c4ccccc4)c4ccc(-c5ccccc5)cc4)cc(N(c4ccccc4)c4ccc(-c5ccccc5)cc4)c3)c1-2. The van der Waals surface area contributed by atoms with Gasteiger partial charge < -0.3 is 9.80 Å². The van der Waals surface area contributed by atoms with Crippen LogP contribution in [0.2, 0.25) is 0 Å². The molecule has 0 heterocycles. The fourth-order valence-electron chi connectivity index (χ4n) is 11.7. The van der Waals surface area contributed by atoms with Gasteiger partial charge in [0.1, 0.15) is 0 Å². The van der Waals surface area contributed by atoms with Crippen molar-refractivity contribution in [2.45, 2.75) is 57.8 Å². The van der Waals surface area contributed by atoms with Crippen molar-refractivity contribution < 1.29 is 0 Å². The number of benzene rings is 11. The molecule has 0 unspecified atom stereocenters. The van der Waals surface area contributed by atoms with Crippen LogP contribution in [0.3, 0.4) is 0 Å². The Balaban J connectivity index is 1.18. The van der Waals surface area contributed by atoms with Gasteiger partial charge in [0.05, 0.1) is 5.41 Å². The van der Waals surface area contributed by atoms with Gasteiger partial charge in [-0.3, -0.25) is 0 Å². The number of rotatable bonds is 11. The van der Waals surface area contributed by atoms with E-state index < -0.39 is 5.41 Å². The maximum atomic E-state index is 2.55. The average Bonchev–Trinajstić information content (AvgIpc) is 3.99. The van der Waals surface area contributed by atoms with Crippen molar-refractivity contribution in [2.24, 2.45) is 0 Å². The van der Waals surface area contributed by atoms with E-state index in [1.807, 2.05) is 0 Å². The van der Waals surface area contributed by atoms with Crippen molar-refractivity contribution in [1.29, 1.82) is 0 Å². The molecule has 0 amide bonds. The summed E-state index contributed by atoms with van der Waals surface area (Å²) in [6, 6.07) is 103. The molecule has 0 radical (unpaired) electrons. The van der Waals surface area contributed by atoms with Crippen molar-refractivity contribution in [3.05, 3.63) is 312 Å². The van der Waals surface area contributed by atoms with Gasteiger partial charge >= 0.3 is 0 Å². The first-order chi connectivity index (χ1) is 37.4. The lowest BCUT2D eigenvalue weighted by Gasteiger charge is -2.36. The lowest BCUT2D eigenvalue weighted by molar-refractivity contribution is 0.586. The number of hydrogen-bond donors (Lipinski definition) is 0. The third-order valence-electron chi connectivity index (χ3n) is 15.6. The summed E-state index contributed by atoms with van der Waals surface area (Å²) in [6.45, 7) is 14.1. The first-order valence-corrected chi connectivity index (χ1v) is 27.1. The molecule has 0 bridgehead atoms. The number of hydrogen-bond acceptors (Lipinski definition) is 2. The smallest absolute Gasteiger partial charge is 0.0713 e. The molecule has 1 aliphatic rings. The molecule has 11 aromatic carbocycles. The molecule has 2 nitrogen and oxygen atoms in total. The predicted octanol–water partition coefficient (Wildman–Crippen LogP) is 20.6. The summed E-state index contributed by atoms with van der Waals surface area (Å²) in [4.78, 5) is 4.86. The van der Waals surface area contributed by atoms with Crippen molar-refractivity contribution in [3.8, 4) is 44.5 Å². The molecule has 12 rings (SSSR count). The Morgan fingerprint density at radius 3 is 1.04 bits per heavy atom. The third-order valence-corrected chi connectivity index (χ3v) is 15.6. The molecular weight excluding hydrogens is 929 g/mol. The van der Waals surface area contributed by atoms with Crippen molar-refractivity contribution in [1.82, 2.24) is 0 Å². The van der Waals surface area contributed by atoms with Crippen LogP contribution in [-0.4, -0.2) is 0 Å². The Hall–Kier alpha value is -8.98. The Bertz CT molecular complexity index is 3630. The maximum Gasteiger partial charge on any atom is 0.0713 e. The molecule has 0 N–H and O–H groups in total. The zero-order valence-corrected chi connectivity index (χ0v) is 45.0. The highest BCUT2D eigenvalue weighted by Gasteiger charge is 2.48. The van der Waals surface area contributed by atoms with E-state index in [2.05, 4.69) is 330 Å². The molecule has 11 aromatic rings. The van der Waals surface area contributed by atoms with Crippen molar-refractivity contribution in [2.75, 3.05) is 9.80 Å². The van der Waals surface area contributed by atoms with Gasteiger partial charge in [-0.25, -0.2) is 0 Å². The molecular formula is C75H64N2. The van der Waals surface area contributed by atoms with Gasteiger partial charge in [0.2, 0.25) is 0 Å². The Kier molecular flexibility index (Phi) is 12.7. The highest BCUT2D eigenvalue weighted by Crippen LogP contribution is 2.60. The van der Waals surface area contributed by atoms with E-state index in [1.165, 1.54) is 72.3 Å². The van der Waals surface area contributed by atoms with E-state index in [-0.39, 0.29) is 10.8 Å². The van der Waals surface area contributed by atoms with Crippen molar-refractivity contribution >= 4 is 34.1 Å². The van der Waals surface area contributed by atoms with Gasteiger partial charge in [-0.1, -0.05) is 248 Å². The fraction of sp³-hybridized carbons (Fsp3) is 0.120. The van der Waals surface area contributed by atoms with Gasteiger partial charge in [0.25, 0.3) is 0 Å². The minimum Gasteiger partial charge on any atom is -0.310 e. The van der Waals surface area contributed by atoms with Gasteiger partial charge in [-0.05, 0) is 162 Å². The van der Waals surface area contributed by atoms with E-state index >= 15 is 0 Å². The largest absolute Gasteiger partial charge is 0.310 e. The molecule has 0 saturated carbocycles. The minimum atomic E-state index is -0.613. The highest BCUT2D eigenvalue weighted by molar-refractivity contribution is 5.98. The van der Waals surface area contributed by atoms with Crippen LogP contribution in [0.5, 0.6) is 0 Å². The molecule has 1 aliphatic carbocycles. The summed E-state index contributed by atoms with van der Waals surface area (Å²) >= 11 is 0. The maximum absolute atomic E-state index is 2.55. The number of para-hydroxylation sites is 2. The van der Waals surface area contributed by atoms with Gasteiger partial charge in [0.15, 0.2) is 0 Å². The molecule has 0 fully saturated rings. The van der Waals surface area contributed by atoms with Crippen LogP contribution in [0.25, 0.3) is 44.5 Å². The molecule has 0 atom stereocenters. The van der Waals surface area contributed by atoms with Crippen LogP contribution < -0.4 is 9.80 Å². The molecule has 0 saturated heterocycles. The topological polar surface area (TPSA) is 6.48 Å². The van der Waals surface area contributed by atoms with E-state index in [4.69, 9.17) is 0 Å². The second kappa shape index (κ2) is 19.9. The zero-order valence-electron chi connectivity index (χ0n) is 45.0. The lowest BCUT2D eigenvalue weighted by atomic mass is 9.66. The standard InChI is InChI=1S/C75H64N2/c1-73(2,3)60-41-46-68-70(50-60)75(58-29-17-9-18-30-58,59-31-19-10-20-32-59)71-51-61(74(4,5)6)49-69(72(68)71)57-47-66(76(62-33-21-11-22-34-62)64-42-37-55(38-43-64)53-25-13-7-14-26-53)52-67(48-57)77(63-35-23-12-24-36-63)65-44-39-56(40-45-65)54-27-15-8-16-28-54/h7-52H,1-6H3. The second-order valence-electron chi connectivity index (χ2n) is 22.6. The Morgan fingerprint density at radius 1 is 0.260 bits per heavy atom. The van der Waals surface area contributed by atoms with Crippen LogP contribution in [-0.2, 0) is 16.2 Å². The summed E-state index contributed by atoms with van der Waals surface area (Å²) in [7, 11) is 0. The summed E-state index contributed by atoms with van der Waals surface area (Å²) in [5.41, 5.74) is 22.8. The molecule has 0 spiro atoms. The Labute approximate surface area is 456 Å².